The van der Waals surface area contributed by atoms with Crippen molar-refractivity contribution in [2.24, 2.45) is 0 Å². The maximum atomic E-state index is 5.40. The summed E-state index contributed by atoms with van der Waals surface area (Å²) in [5.74, 6) is 0.912. The third-order valence-electron chi connectivity index (χ3n) is 8.53. The smallest absolute Gasteiger partial charge is 0.145 e. The minimum absolute atomic E-state index is 0.874. The van der Waals surface area contributed by atoms with E-state index in [9.17, 15) is 0 Å². The lowest BCUT2D eigenvalue weighted by Gasteiger charge is -2.13. The minimum Gasteiger partial charge on any atom is -0.309 e. The van der Waals surface area contributed by atoms with Crippen LogP contribution in [0, 0.1) is 0 Å². The number of hydrogen-bond donors (Lipinski definition) is 0. The number of pyridine rings is 3. The number of imidazole rings is 1. The zero-order valence-electron chi connectivity index (χ0n) is 24.7. The van der Waals surface area contributed by atoms with Crippen LogP contribution in [-0.4, -0.2) is 29.1 Å². The van der Waals surface area contributed by atoms with Crippen molar-refractivity contribution < 1.29 is 0 Å². The van der Waals surface area contributed by atoms with E-state index in [1.165, 1.54) is 0 Å². The summed E-state index contributed by atoms with van der Waals surface area (Å²) in [6.07, 6.45) is 7.22. The topological polar surface area (TPSA) is 61.4 Å². The SMILES string of the molecule is c1ccc(-c2nc3c4c5ccccc5n(-c5cc(-c6ccncc6)nc(-c6ccncc6)c5)c4ccc3n2-c2ccccc2)cc1. The van der Waals surface area contributed by atoms with Crippen LogP contribution in [0.2, 0.25) is 0 Å². The summed E-state index contributed by atoms with van der Waals surface area (Å²) >= 11 is 0. The number of hydrogen-bond acceptors (Lipinski definition) is 4. The second kappa shape index (κ2) is 10.6. The van der Waals surface area contributed by atoms with Crippen LogP contribution in [0.4, 0.5) is 0 Å². The van der Waals surface area contributed by atoms with Gasteiger partial charge in [-0.05, 0) is 66.7 Å². The number of para-hydroxylation sites is 2. The maximum absolute atomic E-state index is 5.40. The van der Waals surface area contributed by atoms with Gasteiger partial charge in [0.1, 0.15) is 5.82 Å². The van der Waals surface area contributed by atoms with Gasteiger partial charge in [-0.2, -0.15) is 0 Å². The Bertz CT molecular complexity index is 2440. The molecule has 0 atom stereocenters. The average molecular weight is 591 g/mol. The quantitative estimate of drug-likeness (QED) is 0.200. The van der Waals surface area contributed by atoms with Gasteiger partial charge in [-0.25, -0.2) is 9.97 Å². The molecule has 4 aromatic carbocycles. The Morgan fingerprint density at radius 3 is 1.67 bits per heavy atom. The molecule has 0 spiro atoms. The first-order valence-corrected chi connectivity index (χ1v) is 15.2. The lowest BCUT2D eigenvalue weighted by Crippen LogP contribution is -1.99. The molecule has 0 fully saturated rings. The Balaban J connectivity index is 1.38. The van der Waals surface area contributed by atoms with Crippen molar-refractivity contribution in [2.75, 3.05) is 0 Å². The maximum Gasteiger partial charge on any atom is 0.145 e. The number of aromatic nitrogens is 6. The molecule has 0 aliphatic rings. The van der Waals surface area contributed by atoms with Gasteiger partial charge in [0, 0.05) is 57.9 Å². The zero-order valence-corrected chi connectivity index (χ0v) is 24.7. The molecule has 0 aliphatic heterocycles. The molecule has 5 aromatic heterocycles. The summed E-state index contributed by atoms with van der Waals surface area (Å²) in [6.45, 7) is 0. The normalized spacial score (nSPS) is 11.5. The van der Waals surface area contributed by atoms with E-state index in [1.54, 1.807) is 24.8 Å². The van der Waals surface area contributed by atoms with Gasteiger partial charge in [0.15, 0.2) is 0 Å². The van der Waals surface area contributed by atoms with Crippen LogP contribution < -0.4 is 0 Å². The fourth-order valence-corrected chi connectivity index (χ4v) is 6.48. The van der Waals surface area contributed by atoms with Crippen LogP contribution in [0.25, 0.3) is 78.1 Å². The Hall–Kier alpha value is -6.40. The van der Waals surface area contributed by atoms with Gasteiger partial charge in [-0.3, -0.25) is 14.5 Å². The Labute approximate surface area is 264 Å². The Morgan fingerprint density at radius 2 is 1.00 bits per heavy atom. The number of nitrogens with zero attached hydrogens (tertiary/aromatic N) is 6. The highest BCUT2D eigenvalue weighted by Crippen LogP contribution is 2.40. The molecule has 0 unspecified atom stereocenters. The third kappa shape index (κ3) is 4.19. The van der Waals surface area contributed by atoms with Crippen LogP contribution >= 0.6 is 0 Å². The molecule has 0 radical (unpaired) electrons. The second-order valence-corrected chi connectivity index (χ2v) is 11.2. The third-order valence-corrected chi connectivity index (χ3v) is 8.53. The second-order valence-electron chi connectivity index (χ2n) is 11.2. The van der Waals surface area contributed by atoms with Crippen LogP contribution in [0.15, 0.2) is 158 Å². The molecule has 216 valence electrons. The molecule has 0 bridgehead atoms. The monoisotopic (exact) mass is 590 g/mol. The van der Waals surface area contributed by atoms with Crippen LogP contribution in [0.5, 0.6) is 0 Å². The molecule has 6 nitrogen and oxygen atoms in total. The van der Waals surface area contributed by atoms with Crippen LogP contribution in [0.3, 0.4) is 0 Å². The molecule has 0 N–H and O–H groups in total. The Morgan fingerprint density at radius 1 is 0.413 bits per heavy atom. The first-order valence-electron chi connectivity index (χ1n) is 15.2. The highest BCUT2D eigenvalue weighted by atomic mass is 15.1. The van der Waals surface area contributed by atoms with Crippen LogP contribution in [0.1, 0.15) is 0 Å². The van der Waals surface area contributed by atoms with Gasteiger partial charge in [0.05, 0.1) is 39.1 Å². The number of benzene rings is 4. The fraction of sp³-hybridized carbons (Fsp3) is 0. The van der Waals surface area contributed by atoms with Gasteiger partial charge in [-0.15, -0.1) is 0 Å². The molecule has 0 saturated carbocycles. The van der Waals surface area contributed by atoms with E-state index in [2.05, 4.69) is 116 Å². The summed E-state index contributed by atoms with van der Waals surface area (Å²) in [5, 5.41) is 2.26. The average Bonchev–Trinajstić information content (AvgIpc) is 3.69. The molecule has 0 aliphatic carbocycles. The van der Waals surface area contributed by atoms with Crippen LogP contribution in [-0.2, 0) is 0 Å². The molecule has 6 heteroatoms. The zero-order chi connectivity index (χ0) is 30.5. The van der Waals surface area contributed by atoms with Gasteiger partial charge in [0.25, 0.3) is 0 Å². The summed E-state index contributed by atoms with van der Waals surface area (Å²) in [6, 6.07) is 46.2. The standard InChI is InChI=1S/C40H26N6/c1-3-9-29(10-4-1)40-44-39-37(46(40)30-11-5-2-6-12-30)16-15-36-38(39)32-13-7-8-14-35(32)45(36)31-25-33(27-17-21-41-22-18-27)43-34(26-31)28-19-23-42-24-20-28/h1-26H. The first kappa shape index (κ1) is 26.0. The highest BCUT2D eigenvalue weighted by molar-refractivity contribution is 6.20. The summed E-state index contributed by atoms with van der Waals surface area (Å²) < 4.78 is 4.61. The fourth-order valence-electron chi connectivity index (χ4n) is 6.48. The minimum atomic E-state index is 0.874. The van der Waals surface area contributed by atoms with E-state index < -0.39 is 0 Å². The van der Waals surface area contributed by atoms with Crippen molar-refractivity contribution in [3.05, 3.63) is 158 Å². The lowest BCUT2D eigenvalue weighted by molar-refractivity contribution is 1.10. The number of rotatable bonds is 5. The van der Waals surface area contributed by atoms with Gasteiger partial charge in [-0.1, -0.05) is 66.7 Å². The summed E-state index contributed by atoms with van der Waals surface area (Å²) in [7, 11) is 0. The highest BCUT2D eigenvalue weighted by Gasteiger charge is 2.22. The van der Waals surface area contributed by atoms with E-state index in [0.29, 0.717) is 0 Å². The van der Waals surface area contributed by atoms with Crippen molar-refractivity contribution in [1.29, 1.82) is 0 Å². The van der Waals surface area contributed by atoms with E-state index in [-0.39, 0.29) is 0 Å². The molecular weight excluding hydrogens is 564 g/mol. The lowest BCUT2D eigenvalue weighted by atomic mass is 10.1. The molecule has 9 aromatic rings. The van der Waals surface area contributed by atoms with Crippen molar-refractivity contribution in [3.63, 3.8) is 0 Å². The number of fused-ring (bicyclic) bond motifs is 5. The summed E-state index contributed by atoms with van der Waals surface area (Å²) in [5.41, 5.74) is 11.1. The predicted molar refractivity (Wildman–Crippen MR) is 185 cm³/mol. The molecule has 5 heterocycles. The van der Waals surface area contributed by atoms with E-state index in [1.807, 2.05) is 36.4 Å². The first-order chi connectivity index (χ1) is 22.8. The largest absolute Gasteiger partial charge is 0.309 e. The summed E-state index contributed by atoms with van der Waals surface area (Å²) in [4.78, 5) is 19.0. The van der Waals surface area contributed by atoms with Crippen molar-refractivity contribution in [3.8, 4) is 45.3 Å². The molecule has 46 heavy (non-hydrogen) atoms. The van der Waals surface area contributed by atoms with Gasteiger partial charge >= 0.3 is 0 Å². The van der Waals surface area contributed by atoms with Crippen molar-refractivity contribution in [2.45, 2.75) is 0 Å². The predicted octanol–water partition coefficient (Wildman–Crippen LogP) is 9.31. The molecule has 0 saturated heterocycles. The molecule has 0 amide bonds. The van der Waals surface area contributed by atoms with E-state index in [4.69, 9.17) is 9.97 Å². The van der Waals surface area contributed by atoms with Crippen molar-refractivity contribution in [1.82, 2.24) is 29.1 Å². The Kier molecular flexibility index (Phi) is 6.03. The van der Waals surface area contributed by atoms with E-state index >= 15 is 0 Å². The van der Waals surface area contributed by atoms with Gasteiger partial charge in [0.2, 0.25) is 0 Å². The molecular formula is C40H26N6. The van der Waals surface area contributed by atoms with E-state index in [0.717, 1.165) is 78.1 Å². The van der Waals surface area contributed by atoms with Gasteiger partial charge < -0.3 is 4.57 Å². The molecule has 9 rings (SSSR count). The van der Waals surface area contributed by atoms with Crippen molar-refractivity contribution >= 4 is 32.8 Å².